The highest BCUT2D eigenvalue weighted by Crippen LogP contribution is 2.28. The predicted octanol–water partition coefficient (Wildman–Crippen LogP) is 2.06. The Balaban J connectivity index is 1.92. The molecule has 0 spiro atoms. The van der Waals surface area contributed by atoms with Crippen LogP contribution in [0.2, 0.25) is 5.02 Å². The number of carbonyl (C=O) groups is 2. The van der Waals surface area contributed by atoms with E-state index in [0.717, 1.165) is 12.8 Å². The maximum absolute atomic E-state index is 13.3. The zero-order valence-corrected chi connectivity index (χ0v) is 13.5. The molecule has 1 amide bonds. The molecule has 9 heteroatoms. The van der Waals surface area contributed by atoms with Gasteiger partial charge in [0.15, 0.2) is 5.69 Å². The van der Waals surface area contributed by atoms with Crippen molar-refractivity contribution >= 4 is 23.5 Å². The molecule has 7 nitrogen and oxygen atoms in total. The highest BCUT2D eigenvalue weighted by molar-refractivity contribution is 6.30. The number of rotatable bonds is 5. The molecule has 1 aromatic carbocycles. The number of carboxylic acid groups (broad SMARTS) is 1. The number of hydrogen-bond donors (Lipinski definition) is 1. The van der Waals surface area contributed by atoms with E-state index in [-0.39, 0.29) is 23.3 Å². The molecule has 0 unspecified atom stereocenters. The average Bonchev–Trinajstić information content (AvgIpc) is 3.29. The molecule has 0 atom stereocenters. The summed E-state index contributed by atoms with van der Waals surface area (Å²) in [5.74, 6) is -2.11. The van der Waals surface area contributed by atoms with Crippen LogP contribution < -0.4 is 0 Å². The molecule has 1 aliphatic carbocycles. The fraction of sp³-hybridized carbons (Fsp3) is 0.333. The van der Waals surface area contributed by atoms with E-state index < -0.39 is 17.7 Å². The lowest BCUT2D eigenvalue weighted by atomic mass is 10.2. The van der Waals surface area contributed by atoms with Crippen molar-refractivity contribution < 1.29 is 19.1 Å². The molecule has 0 saturated heterocycles. The molecule has 2 aromatic rings. The number of benzene rings is 1. The van der Waals surface area contributed by atoms with Crippen LogP contribution in [0.15, 0.2) is 18.2 Å². The summed E-state index contributed by atoms with van der Waals surface area (Å²) < 4.78 is 14.6. The van der Waals surface area contributed by atoms with E-state index in [2.05, 4.69) is 10.3 Å². The summed E-state index contributed by atoms with van der Waals surface area (Å²) in [4.78, 5) is 24.9. The highest BCUT2D eigenvalue weighted by atomic mass is 35.5. The summed E-state index contributed by atoms with van der Waals surface area (Å²) >= 11 is 5.77. The fourth-order valence-corrected chi connectivity index (χ4v) is 2.60. The lowest BCUT2D eigenvalue weighted by molar-refractivity contribution is -0.137. The molecular weight excluding hydrogens is 339 g/mol. The third-order valence-corrected chi connectivity index (χ3v) is 4.09. The van der Waals surface area contributed by atoms with Gasteiger partial charge in [-0.05, 0) is 38.0 Å². The van der Waals surface area contributed by atoms with Crippen molar-refractivity contribution in [3.05, 3.63) is 40.4 Å². The van der Waals surface area contributed by atoms with Crippen LogP contribution in [0.1, 0.15) is 29.0 Å². The Hall–Kier alpha value is -2.48. The summed E-state index contributed by atoms with van der Waals surface area (Å²) in [5.41, 5.74) is 0.962. The average molecular weight is 353 g/mol. The summed E-state index contributed by atoms with van der Waals surface area (Å²) in [6.45, 7) is 1.26. The quantitative estimate of drug-likeness (QED) is 0.889. The minimum absolute atomic E-state index is 0.0687. The van der Waals surface area contributed by atoms with Gasteiger partial charge >= 0.3 is 5.97 Å². The number of hydrogen-bond acceptors (Lipinski definition) is 4. The Labute approximate surface area is 141 Å². The second kappa shape index (κ2) is 6.20. The van der Waals surface area contributed by atoms with Gasteiger partial charge in [-0.3, -0.25) is 9.59 Å². The molecule has 0 radical (unpaired) electrons. The summed E-state index contributed by atoms with van der Waals surface area (Å²) in [7, 11) is 0. The van der Waals surface area contributed by atoms with Crippen LogP contribution in [0.4, 0.5) is 4.39 Å². The molecule has 1 aliphatic rings. The van der Waals surface area contributed by atoms with Crippen LogP contribution in [-0.2, 0) is 4.79 Å². The van der Waals surface area contributed by atoms with Crippen molar-refractivity contribution in [2.75, 3.05) is 6.54 Å². The van der Waals surface area contributed by atoms with E-state index in [1.807, 2.05) is 0 Å². The molecule has 1 fully saturated rings. The van der Waals surface area contributed by atoms with Crippen LogP contribution >= 0.6 is 11.6 Å². The van der Waals surface area contributed by atoms with Gasteiger partial charge in [0.1, 0.15) is 12.4 Å². The lowest BCUT2D eigenvalue weighted by Gasteiger charge is -2.19. The molecule has 0 aliphatic heterocycles. The van der Waals surface area contributed by atoms with Crippen molar-refractivity contribution in [1.29, 1.82) is 0 Å². The van der Waals surface area contributed by atoms with Gasteiger partial charge in [-0.25, -0.2) is 9.07 Å². The standard InChI is InChI=1S/C15H14ClFN4O3/c1-8-14(15(24)20(7-13(22)23)9-2-3-9)18-19-21(8)10-4-5-12(17)11(16)6-10/h4-6,9H,2-3,7H2,1H3,(H,22,23). The Morgan fingerprint density at radius 3 is 2.75 bits per heavy atom. The second-order valence-corrected chi connectivity index (χ2v) is 6.00. The van der Waals surface area contributed by atoms with E-state index in [1.165, 1.54) is 27.8 Å². The molecule has 1 N–H and O–H groups in total. The van der Waals surface area contributed by atoms with E-state index in [4.69, 9.17) is 16.7 Å². The van der Waals surface area contributed by atoms with Gasteiger partial charge in [0, 0.05) is 6.04 Å². The predicted molar refractivity (Wildman–Crippen MR) is 82.8 cm³/mol. The van der Waals surface area contributed by atoms with Gasteiger partial charge in [0.2, 0.25) is 0 Å². The van der Waals surface area contributed by atoms with Gasteiger partial charge in [-0.2, -0.15) is 0 Å². The molecule has 126 valence electrons. The zero-order chi connectivity index (χ0) is 17.4. The minimum atomic E-state index is -1.08. The van der Waals surface area contributed by atoms with Gasteiger partial charge in [0.05, 0.1) is 16.4 Å². The molecule has 1 aromatic heterocycles. The van der Waals surface area contributed by atoms with Crippen LogP contribution in [0.5, 0.6) is 0 Å². The van der Waals surface area contributed by atoms with Crippen molar-refractivity contribution in [3.8, 4) is 5.69 Å². The topological polar surface area (TPSA) is 88.3 Å². The van der Waals surface area contributed by atoms with Crippen LogP contribution in [0, 0.1) is 12.7 Å². The Kier molecular flexibility index (Phi) is 4.23. The van der Waals surface area contributed by atoms with Gasteiger partial charge in [-0.15, -0.1) is 5.10 Å². The van der Waals surface area contributed by atoms with E-state index in [9.17, 15) is 14.0 Å². The Morgan fingerprint density at radius 2 is 2.17 bits per heavy atom. The number of aromatic nitrogens is 3. The van der Waals surface area contributed by atoms with Gasteiger partial charge < -0.3 is 10.0 Å². The SMILES string of the molecule is Cc1c(C(=O)N(CC(=O)O)C2CC2)nnn1-c1ccc(F)c(Cl)c1. The largest absolute Gasteiger partial charge is 0.480 e. The number of nitrogens with zero attached hydrogens (tertiary/aromatic N) is 4. The highest BCUT2D eigenvalue weighted by Gasteiger charge is 2.36. The first kappa shape index (κ1) is 16.4. The Bertz CT molecular complexity index is 819. The van der Waals surface area contributed by atoms with Crippen molar-refractivity contribution in [1.82, 2.24) is 19.9 Å². The monoisotopic (exact) mass is 352 g/mol. The van der Waals surface area contributed by atoms with E-state index in [1.54, 1.807) is 6.92 Å². The summed E-state index contributed by atoms with van der Waals surface area (Å²) in [6, 6.07) is 3.97. The molecule has 0 bridgehead atoms. The zero-order valence-electron chi connectivity index (χ0n) is 12.7. The number of halogens is 2. The van der Waals surface area contributed by atoms with Gasteiger partial charge in [-0.1, -0.05) is 16.8 Å². The number of carboxylic acids is 1. The van der Waals surface area contributed by atoms with E-state index in [0.29, 0.717) is 11.4 Å². The van der Waals surface area contributed by atoms with Crippen LogP contribution in [0.3, 0.4) is 0 Å². The van der Waals surface area contributed by atoms with Crippen molar-refractivity contribution in [3.63, 3.8) is 0 Å². The first-order valence-corrected chi connectivity index (χ1v) is 7.66. The maximum atomic E-state index is 13.3. The third kappa shape index (κ3) is 3.09. The van der Waals surface area contributed by atoms with Gasteiger partial charge in [0.25, 0.3) is 5.91 Å². The summed E-state index contributed by atoms with van der Waals surface area (Å²) in [6.07, 6.45) is 1.56. The fourth-order valence-electron chi connectivity index (χ4n) is 2.42. The molecule has 24 heavy (non-hydrogen) atoms. The lowest BCUT2D eigenvalue weighted by Crippen LogP contribution is -2.38. The number of aliphatic carboxylic acids is 1. The van der Waals surface area contributed by atoms with Crippen LogP contribution in [-0.4, -0.2) is 49.5 Å². The summed E-state index contributed by atoms with van der Waals surface area (Å²) in [5, 5.41) is 16.7. The first-order valence-electron chi connectivity index (χ1n) is 7.29. The van der Waals surface area contributed by atoms with E-state index >= 15 is 0 Å². The third-order valence-electron chi connectivity index (χ3n) is 3.80. The first-order chi connectivity index (χ1) is 11.4. The minimum Gasteiger partial charge on any atom is -0.480 e. The molecular formula is C15H14ClFN4O3. The second-order valence-electron chi connectivity index (χ2n) is 5.59. The molecule has 1 heterocycles. The maximum Gasteiger partial charge on any atom is 0.323 e. The molecule has 1 saturated carbocycles. The molecule has 3 rings (SSSR count). The Morgan fingerprint density at radius 1 is 1.46 bits per heavy atom. The van der Waals surface area contributed by atoms with Crippen molar-refractivity contribution in [2.24, 2.45) is 0 Å². The number of carbonyl (C=O) groups excluding carboxylic acids is 1. The normalized spacial score (nSPS) is 13.8. The van der Waals surface area contributed by atoms with Crippen molar-refractivity contribution in [2.45, 2.75) is 25.8 Å². The smallest absolute Gasteiger partial charge is 0.323 e. The van der Waals surface area contributed by atoms with Crippen LogP contribution in [0.25, 0.3) is 5.69 Å². The number of amides is 1.